The fraction of sp³-hybridized carbons (Fsp3) is 0.545. The number of thioether (sulfide) groups is 1. The average Bonchev–Trinajstić information content (AvgIpc) is 2.72. The van der Waals surface area contributed by atoms with E-state index < -0.39 is 0 Å². The van der Waals surface area contributed by atoms with Gasteiger partial charge in [-0.1, -0.05) is 6.07 Å². The van der Waals surface area contributed by atoms with Gasteiger partial charge in [-0.3, -0.25) is 4.98 Å². The molecular weight excluding hydrogens is 192 g/mol. The Hall–Kier alpha value is -0.540. The quantitative estimate of drug-likeness (QED) is 0.820. The molecule has 1 aliphatic rings. The Kier molecular flexibility index (Phi) is 3.83. The van der Waals surface area contributed by atoms with Gasteiger partial charge < -0.3 is 5.32 Å². The Morgan fingerprint density at radius 1 is 1.57 bits per heavy atom. The third kappa shape index (κ3) is 3.00. The number of nitrogens with zero attached hydrogens (tertiary/aromatic N) is 1. The predicted octanol–water partition coefficient (Wildman–Crippen LogP) is 2.07. The van der Waals surface area contributed by atoms with Crippen molar-refractivity contribution in [2.24, 2.45) is 0 Å². The summed E-state index contributed by atoms with van der Waals surface area (Å²) in [6.45, 7) is 1.21. The van der Waals surface area contributed by atoms with Gasteiger partial charge in [0.2, 0.25) is 0 Å². The van der Waals surface area contributed by atoms with Crippen LogP contribution in [0.4, 0.5) is 0 Å². The molecular formula is C11H16N2S. The lowest BCUT2D eigenvalue weighted by Crippen LogP contribution is -2.23. The molecule has 1 aromatic heterocycles. The van der Waals surface area contributed by atoms with Gasteiger partial charge in [-0.15, -0.1) is 0 Å². The summed E-state index contributed by atoms with van der Waals surface area (Å²) in [6, 6.07) is 4.89. The van der Waals surface area contributed by atoms with Gasteiger partial charge in [0.25, 0.3) is 0 Å². The summed E-state index contributed by atoms with van der Waals surface area (Å²) in [6.07, 6.45) is 6.47. The first-order valence-corrected chi connectivity index (χ1v) is 6.30. The van der Waals surface area contributed by atoms with Crippen molar-refractivity contribution in [2.75, 3.05) is 12.3 Å². The summed E-state index contributed by atoms with van der Waals surface area (Å²) in [5, 5.41) is 3.51. The first kappa shape index (κ1) is 9.99. The molecule has 0 aliphatic carbocycles. The molecule has 76 valence electrons. The van der Waals surface area contributed by atoms with Gasteiger partial charge in [-0.25, -0.2) is 0 Å². The van der Waals surface area contributed by atoms with Crippen LogP contribution in [0.1, 0.15) is 18.4 Å². The normalized spacial score (nSPS) is 21.3. The summed E-state index contributed by atoms with van der Waals surface area (Å²) < 4.78 is 0. The Morgan fingerprint density at radius 2 is 2.57 bits per heavy atom. The summed E-state index contributed by atoms with van der Waals surface area (Å²) in [5.74, 6) is 2.32. The third-order valence-electron chi connectivity index (χ3n) is 2.47. The minimum Gasteiger partial charge on any atom is -0.313 e. The van der Waals surface area contributed by atoms with E-state index in [1.165, 1.54) is 30.7 Å². The molecule has 1 N–H and O–H groups in total. The number of hydrogen-bond acceptors (Lipinski definition) is 3. The number of rotatable bonds is 4. The van der Waals surface area contributed by atoms with Crippen LogP contribution in [0.25, 0.3) is 0 Å². The van der Waals surface area contributed by atoms with Crippen molar-refractivity contribution in [1.82, 2.24) is 10.3 Å². The van der Waals surface area contributed by atoms with Gasteiger partial charge in [0.05, 0.1) is 0 Å². The Bertz CT molecular complexity index is 257. The van der Waals surface area contributed by atoms with Crippen molar-refractivity contribution in [1.29, 1.82) is 0 Å². The highest BCUT2D eigenvalue weighted by Gasteiger charge is 2.13. The molecule has 1 saturated heterocycles. The summed E-state index contributed by atoms with van der Waals surface area (Å²) in [4.78, 5) is 4.11. The van der Waals surface area contributed by atoms with Crippen molar-refractivity contribution < 1.29 is 0 Å². The minimum atomic E-state index is 0.747. The fourth-order valence-electron chi connectivity index (χ4n) is 1.70. The average molecular weight is 208 g/mol. The van der Waals surface area contributed by atoms with E-state index >= 15 is 0 Å². The molecule has 0 radical (unpaired) electrons. The van der Waals surface area contributed by atoms with Crippen LogP contribution >= 0.6 is 11.8 Å². The summed E-state index contributed by atoms with van der Waals surface area (Å²) in [5.41, 5.74) is 1.33. The maximum Gasteiger partial charge on any atom is 0.0308 e. The molecule has 0 saturated carbocycles. The lowest BCUT2D eigenvalue weighted by molar-refractivity contribution is 0.674. The maximum absolute atomic E-state index is 4.11. The van der Waals surface area contributed by atoms with Gasteiger partial charge in [0.15, 0.2) is 0 Å². The molecule has 1 aliphatic heterocycles. The largest absolute Gasteiger partial charge is 0.313 e. The number of aromatic nitrogens is 1. The van der Waals surface area contributed by atoms with Gasteiger partial charge >= 0.3 is 0 Å². The molecule has 0 aromatic carbocycles. The Balaban J connectivity index is 1.67. The van der Waals surface area contributed by atoms with Crippen LogP contribution in [0, 0.1) is 0 Å². The fourth-order valence-corrected chi connectivity index (χ4v) is 2.79. The second-order valence-corrected chi connectivity index (χ2v) is 4.70. The zero-order chi connectivity index (χ0) is 9.64. The van der Waals surface area contributed by atoms with Crippen molar-refractivity contribution in [3.63, 3.8) is 0 Å². The van der Waals surface area contributed by atoms with E-state index in [4.69, 9.17) is 0 Å². The number of nitrogens with one attached hydrogen (secondary N) is 1. The van der Waals surface area contributed by atoms with Gasteiger partial charge in [0, 0.05) is 29.9 Å². The highest BCUT2D eigenvalue weighted by atomic mass is 32.2. The SMILES string of the molecule is c1cncc(CSCC2CCCN2)c1. The predicted molar refractivity (Wildman–Crippen MR) is 61.4 cm³/mol. The van der Waals surface area contributed by atoms with Crippen LogP contribution in [0.3, 0.4) is 0 Å². The third-order valence-corrected chi connectivity index (χ3v) is 3.65. The second kappa shape index (κ2) is 5.37. The van der Waals surface area contributed by atoms with E-state index in [1.54, 1.807) is 0 Å². The highest BCUT2D eigenvalue weighted by Crippen LogP contribution is 2.16. The van der Waals surface area contributed by atoms with E-state index in [0.717, 1.165) is 11.8 Å². The lowest BCUT2D eigenvalue weighted by Gasteiger charge is -2.08. The molecule has 2 heterocycles. The molecule has 1 fully saturated rings. The first-order chi connectivity index (χ1) is 6.95. The van der Waals surface area contributed by atoms with E-state index in [1.807, 2.05) is 30.2 Å². The van der Waals surface area contributed by atoms with Crippen molar-refractivity contribution in [2.45, 2.75) is 24.6 Å². The molecule has 2 rings (SSSR count). The maximum atomic E-state index is 4.11. The van der Waals surface area contributed by atoms with Crippen LogP contribution in [0.2, 0.25) is 0 Å². The molecule has 1 aromatic rings. The topological polar surface area (TPSA) is 24.9 Å². The van der Waals surface area contributed by atoms with Crippen LogP contribution in [-0.4, -0.2) is 23.3 Å². The summed E-state index contributed by atoms with van der Waals surface area (Å²) in [7, 11) is 0. The van der Waals surface area contributed by atoms with Gasteiger partial charge in [-0.05, 0) is 31.0 Å². The Morgan fingerprint density at radius 3 is 3.29 bits per heavy atom. The van der Waals surface area contributed by atoms with E-state index in [9.17, 15) is 0 Å². The van der Waals surface area contributed by atoms with E-state index in [-0.39, 0.29) is 0 Å². The molecule has 1 atom stereocenters. The Labute approximate surface area is 89.5 Å². The standard InChI is InChI=1S/C11H16N2S/c1-3-10(7-12-5-1)8-14-9-11-4-2-6-13-11/h1,3,5,7,11,13H,2,4,6,8-9H2. The summed E-state index contributed by atoms with van der Waals surface area (Å²) >= 11 is 2.00. The van der Waals surface area contributed by atoms with Gasteiger partial charge in [0.1, 0.15) is 0 Å². The van der Waals surface area contributed by atoms with Crippen LogP contribution < -0.4 is 5.32 Å². The van der Waals surface area contributed by atoms with E-state index in [0.29, 0.717) is 0 Å². The van der Waals surface area contributed by atoms with Gasteiger partial charge in [-0.2, -0.15) is 11.8 Å². The molecule has 2 nitrogen and oxygen atoms in total. The van der Waals surface area contributed by atoms with Crippen LogP contribution in [0.5, 0.6) is 0 Å². The molecule has 14 heavy (non-hydrogen) atoms. The van der Waals surface area contributed by atoms with E-state index in [2.05, 4.69) is 16.4 Å². The zero-order valence-electron chi connectivity index (χ0n) is 8.28. The van der Waals surface area contributed by atoms with Crippen molar-refractivity contribution in [3.8, 4) is 0 Å². The lowest BCUT2D eigenvalue weighted by atomic mass is 10.3. The molecule has 0 amide bonds. The van der Waals surface area contributed by atoms with Crippen molar-refractivity contribution >= 4 is 11.8 Å². The van der Waals surface area contributed by atoms with Crippen LogP contribution in [-0.2, 0) is 5.75 Å². The second-order valence-electron chi connectivity index (χ2n) is 3.67. The first-order valence-electron chi connectivity index (χ1n) is 5.15. The molecule has 1 unspecified atom stereocenters. The monoisotopic (exact) mass is 208 g/mol. The number of pyridine rings is 1. The molecule has 0 spiro atoms. The van der Waals surface area contributed by atoms with Crippen LogP contribution in [0.15, 0.2) is 24.5 Å². The molecule has 3 heteroatoms. The number of hydrogen-bond donors (Lipinski definition) is 1. The zero-order valence-corrected chi connectivity index (χ0v) is 9.09. The molecule has 0 bridgehead atoms. The smallest absolute Gasteiger partial charge is 0.0308 e. The minimum absolute atomic E-state index is 0.747. The van der Waals surface area contributed by atoms with Crippen molar-refractivity contribution in [3.05, 3.63) is 30.1 Å². The highest BCUT2D eigenvalue weighted by molar-refractivity contribution is 7.98.